The minimum atomic E-state index is 1.02. The van der Waals surface area contributed by atoms with Crippen molar-refractivity contribution in [2.45, 2.75) is 0 Å². The van der Waals surface area contributed by atoms with Gasteiger partial charge in [-0.15, -0.1) is 0 Å². The summed E-state index contributed by atoms with van der Waals surface area (Å²) in [6.45, 7) is 0. The molecule has 0 radical (unpaired) electrons. The summed E-state index contributed by atoms with van der Waals surface area (Å²) in [6.07, 6.45) is 3.87. The molecule has 2 rings (SSSR count). The van der Waals surface area contributed by atoms with E-state index in [1.807, 2.05) is 8.98 Å². The van der Waals surface area contributed by atoms with Gasteiger partial charge in [0, 0.05) is 25.8 Å². The Morgan fingerprint density at radius 2 is 2.25 bits per heavy atom. The number of pyridine rings is 1. The van der Waals surface area contributed by atoms with Crippen LogP contribution in [0.4, 0.5) is 0 Å². The molecule has 0 spiro atoms. The Morgan fingerprint density at radius 3 is 3.00 bits per heavy atom. The van der Waals surface area contributed by atoms with Crippen molar-refractivity contribution in [1.82, 2.24) is 7.76 Å². The summed E-state index contributed by atoms with van der Waals surface area (Å²) in [4.78, 5) is 4.30. The molecule has 0 aliphatic carbocycles. The molecule has 2 aromatic rings. The molecule has 0 saturated heterocycles. The van der Waals surface area contributed by atoms with Crippen molar-refractivity contribution >= 4 is 72.4 Å². The lowest BCUT2D eigenvalue weighted by Gasteiger charge is -1.92. The second-order valence-corrected chi connectivity index (χ2v) is 5.43. The van der Waals surface area contributed by atoms with Crippen LogP contribution in [0.25, 0.3) is 11.0 Å². The lowest BCUT2D eigenvalue weighted by Crippen LogP contribution is -1.79. The maximum Gasteiger partial charge on any atom is 0.149 e. The van der Waals surface area contributed by atoms with E-state index >= 15 is 0 Å². The van der Waals surface area contributed by atoms with Gasteiger partial charge < -0.3 is 0 Å². The van der Waals surface area contributed by atoms with Gasteiger partial charge in [0.2, 0.25) is 0 Å². The van der Waals surface area contributed by atoms with Gasteiger partial charge in [-0.2, -0.15) is 0 Å². The fraction of sp³-hybridized carbons (Fsp3) is 0. The summed E-state index contributed by atoms with van der Waals surface area (Å²) < 4.78 is 4.25. The first-order valence-corrected chi connectivity index (χ1v) is 6.00. The van der Waals surface area contributed by atoms with Crippen molar-refractivity contribution in [1.29, 1.82) is 0 Å². The highest BCUT2D eigenvalue weighted by Gasteiger charge is 2.05. The van der Waals surface area contributed by atoms with E-state index in [0.717, 1.165) is 10.1 Å². The zero-order chi connectivity index (χ0) is 8.72. The Hall–Kier alpha value is 0.630. The van der Waals surface area contributed by atoms with Crippen LogP contribution in [-0.2, 0) is 0 Å². The molecule has 0 bridgehead atoms. The van der Waals surface area contributed by atoms with E-state index in [1.165, 1.54) is 8.96 Å². The number of aromatic nitrogens is 2. The van der Waals surface area contributed by atoms with Crippen molar-refractivity contribution in [2.24, 2.45) is 0 Å². The van der Waals surface area contributed by atoms with Crippen molar-refractivity contribution in [3.05, 3.63) is 26.5 Å². The van der Waals surface area contributed by atoms with E-state index in [-0.39, 0.29) is 0 Å². The predicted octanol–water partition coefficient (Wildman–Crippen LogP) is 3.60. The third-order valence-electron chi connectivity index (χ3n) is 1.52. The van der Waals surface area contributed by atoms with Crippen LogP contribution in [-0.4, -0.2) is 7.76 Å². The van der Waals surface area contributed by atoms with Gasteiger partial charge in [-0.25, -0.2) is 4.98 Å². The maximum absolute atomic E-state index is 4.30. The highest BCUT2D eigenvalue weighted by Crippen LogP contribution is 2.25. The average Bonchev–Trinajstić information content (AvgIpc) is 2.28. The molecule has 0 aliphatic heterocycles. The highest BCUT2D eigenvalue weighted by atomic mass is 127. The van der Waals surface area contributed by atoms with Crippen LogP contribution in [0.2, 0.25) is 0 Å². The van der Waals surface area contributed by atoms with Crippen LogP contribution in [0.1, 0.15) is 0 Å². The molecule has 0 aliphatic rings. The molecular formula is C7H3BrI2N2. The molecule has 62 valence electrons. The van der Waals surface area contributed by atoms with Crippen LogP contribution < -0.4 is 0 Å². The molecule has 2 heterocycles. The molecule has 2 aromatic heterocycles. The van der Waals surface area contributed by atoms with E-state index in [1.54, 1.807) is 0 Å². The first-order chi connectivity index (χ1) is 5.68. The monoisotopic (exact) mass is 448 g/mol. The van der Waals surface area contributed by atoms with E-state index in [2.05, 4.69) is 78.6 Å². The number of halogens is 3. The first-order valence-electron chi connectivity index (χ1n) is 3.17. The minimum Gasteiger partial charge on any atom is -0.272 e. The number of nitrogens with zero attached hydrogens (tertiary/aromatic N) is 2. The van der Waals surface area contributed by atoms with Gasteiger partial charge in [0.05, 0.1) is 22.9 Å². The van der Waals surface area contributed by atoms with E-state index in [9.17, 15) is 0 Å². The summed E-state index contributed by atoms with van der Waals surface area (Å²) in [6, 6.07) is 2.08. The normalized spacial score (nSPS) is 10.9. The Labute approximate surface area is 105 Å². The molecule has 0 fully saturated rings. The van der Waals surface area contributed by atoms with Gasteiger partial charge in [0.25, 0.3) is 0 Å². The Morgan fingerprint density at radius 1 is 1.50 bits per heavy atom. The van der Waals surface area contributed by atoms with E-state index in [0.29, 0.717) is 0 Å². The zero-order valence-electron chi connectivity index (χ0n) is 5.76. The number of rotatable bonds is 0. The molecule has 12 heavy (non-hydrogen) atoms. The second-order valence-electron chi connectivity index (χ2n) is 2.31. The van der Waals surface area contributed by atoms with Gasteiger partial charge in [-0.1, -0.05) is 0 Å². The minimum absolute atomic E-state index is 1.02. The van der Waals surface area contributed by atoms with Gasteiger partial charge >= 0.3 is 0 Å². The molecule has 2 nitrogen and oxygen atoms in total. The second kappa shape index (κ2) is 3.41. The van der Waals surface area contributed by atoms with Crippen LogP contribution in [0.3, 0.4) is 0 Å². The van der Waals surface area contributed by atoms with E-state index < -0.39 is 0 Å². The molecule has 0 atom stereocenters. The van der Waals surface area contributed by atoms with Crippen LogP contribution >= 0.6 is 61.4 Å². The third-order valence-corrected chi connectivity index (χ3v) is 3.55. The lowest BCUT2D eigenvalue weighted by molar-refractivity contribution is 1.29. The third kappa shape index (κ3) is 1.50. The predicted molar refractivity (Wildman–Crippen MR) is 69.6 cm³/mol. The quantitative estimate of drug-likeness (QED) is 0.563. The Kier molecular flexibility index (Phi) is 2.61. The van der Waals surface area contributed by atoms with Crippen molar-refractivity contribution < 1.29 is 0 Å². The van der Waals surface area contributed by atoms with Gasteiger partial charge in [0.1, 0.15) is 5.65 Å². The summed E-state index contributed by atoms with van der Waals surface area (Å²) >= 11 is 7.93. The van der Waals surface area contributed by atoms with Crippen molar-refractivity contribution in [3.8, 4) is 0 Å². The smallest absolute Gasteiger partial charge is 0.149 e. The van der Waals surface area contributed by atoms with Crippen LogP contribution in [0.5, 0.6) is 0 Å². The summed E-state index contributed by atoms with van der Waals surface area (Å²) in [5.41, 5.74) is 1.02. The fourth-order valence-electron chi connectivity index (χ4n) is 1.01. The largest absolute Gasteiger partial charge is 0.272 e. The maximum atomic E-state index is 4.30. The molecule has 0 N–H and O–H groups in total. The van der Waals surface area contributed by atoms with Crippen molar-refractivity contribution in [3.63, 3.8) is 0 Å². The number of fused-ring (bicyclic) bond motifs is 1. The van der Waals surface area contributed by atoms with Gasteiger partial charge in [-0.05, 0) is 44.6 Å². The van der Waals surface area contributed by atoms with E-state index in [4.69, 9.17) is 0 Å². The molecule has 0 unspecified atom stereocenters. The molecular weight excluding hydrogens is 446 g/mol. The summed E-state index contributed by atoms with van der Waals surface area (Å²) in [5.74, 6) is 0. The number of hydrogen-bond acceptors (Lipinski definition) is 1. The van der Waals surface area contributed by atoms with Gasteiger partial charge in [0.15, 0.2) is 0 Å². The van der Waals surface area contributed by atoms with Crippen LogP contribution in [0, 0.1) is 3.57 Å². The molecule has 0 aromatic carbocycles. The highest BCUT2D eigenvalue weighted by molar-refractivity contribution is 14.1. The number of hydrogen-bond donors (Lipinski definition) is 0. The van der Waals surface area contributed by atoms with Crippen LogP contribution in [0.15, 0.2) is 22.9 Å². The topological polar surface area (TPSA) is 17.8 Å². The molecule has 0 saturated carbocycles. The Balaban J connectivity index is 2.90. The van der Waals surface area contributed by atoms with Crippen molar-refractivity contribution in [2.75, 3.05) is 0 Å². The SMILES string of the molecule is Brc1cnc2c(c1)c(I)cn2I. The molecule has 5 heteroatoms. The standard InChI is InChI=1S/C7H3BrI2N2/c8-4-1-5-6(9)3-12(10)7(5)11-2-4/h1-3H. The Bertz CT molecular complexity index is 438. The fourth-order valence-corrected chi connectivity index (χ4v) is 3.21. The average molecular weight is 449 g/mol. The van der Waals surface area contributed by atoms with Gasteiger partial charge in [-0.3, -0.25) is 2.78 Å². The summed E-state index contributed by atoms with van der Waals surface area (Å²) in [5, 5.41) is 1.19. The first kappa shape index (κ1) is 9.20. The lowest BCUT2D eigenvalue weighted by atomic mass is 10.3. The summed E-state index contributed by atoms with van der Waals surface area (Å²) in [7, 11) is 0. The molecule has 0 amide bonds. The zero-order valence-corrected chi connectivity index (χ0v) is 11.7.